The molecule has 1 heterocycles. The van der Waals surface area contributed by atoms with Crippen molar-refractivity contribution in [3.8, 4) is 0 Å². The summed E-state index contributed by atoms with van der Waals surface area (Å²) in [4.78, 5) is 12.2. The SMILES string of the molecule is C[C@@H]1CC2=C(CS(=O)(=O)[C@H]2/C=C2\CCC[C@@]3(C)[C@H]2CC[C@H]3[C@H](C)/C=C/C(=O)C2CC2)[C@@H](C)C1. The van der Waals surface area contributed by atoms with Crippen LogP contribution in [0.15, 0.2) is 34.9 Å². The Bertz CT molecular complexity index is 1010. The fraction of sp³-hybridized carbons (Fsp3) is 0.759. The standard InChI is InChI=1S/C29H42O3S/c1-18-14-20(3)24-17-33(31,32)28(23(24)15-18)16-22-6-5-13-29(4)25(10-11-26(22)29)19(2)7-12-27(30)21-8-9-21/h7,12,16,18-21,25-26,28H,5-6,8-11,13-15,17H2,1-4H3/b12-7+,22-16+/t18-,19+,20-,25-,26-,28-,29+/m0/s1. The number of ketones is 1. The van der Waals surface area contributed by atoms with E-state index in [9.17, 15) is 13.2 Å². The van der Waals surface area contributed by atoms with E-state index in [0.29, 0.717) is 41.3 Å². The zero-order chi connectivity index (χ0) is 23.5. The number of carbonyl (C=O) groups is 1. The predicted octanol–water partition coefficient (Wildman–Crippen LogP) is 6.46. The second-order valence-electron chi connectivity index (χ2n) is 12.5. The number of allylic oxidation sites excluding steroid dienone is 3. The van der Waals surface area contributed by atoms with Crippen molar-refractivity contribution in [2.24, 2.45) is 40.9 Å². The van der Waals surface area contributed by atoms with Crippen LogP contribution in [0.5, 0.6) is 0 Å². The maximum absolute atomic E-state index is 13.3. The highest BCUT2D eigenvalue weighted by atomic mass is 32.2. The molecule has 3 saturated carbocycles. The Morgan fingerprint density at radius 2 is 1.88 bits per heavy atom. The minimum Gasteiger partial charge on any atom is -0.295 e. The van der Waals surface area contributed by atoms with Gasteiger partial charge in [0.05, 0.1) is 5.75 Å². The van der Waals surface area contributed by atoms with Crippen molar-refractivity contribution in [3.05, 3.63) is 34.9 Å². The van der Waals surface area contributed by atoms with E-state index < -0.39 is 9.84 Å². The quantitative estimate of drug-likeness (QED) is 0.342. The van der Waals surface area contributed by atoms with Gasteiger partial charge in [-0.3, -0.25) is 4.79 Å². The van der Waals surface area contributed by atoms with Crippen molar-refractivity contribution in [2.45, 2.75) is 90.7 Å². The Balaban J connectivity index is 1.40. The van der Waals surface area contributed by atoms with E-state index in [1.807, 2.05) is 6.08 Å². The van der Waals surface area contributed by atoms with E-state index in [0.717, 1.165) is 44.9 Å². The Hall–Kier alpha value is -1.16. The molecular formula is C29H42O3S. The summed E-state index contributed by atoms with van der Waals surface area (Å²) >= 11 is 0. The molecule has 4 heteroatoms. The highest BCUT2D eigenvalue weighted by Crippen LogP contribution is 2.60. The normalized spacial score (nSPS) is 42.5. The minimum atomic E-state index is -3.12. The molecule has 0 N–H and O–H groups in total. The average molecular weight is 471 g/mol. The Morgan fingerprint density at radius 1 is 1.12 bits per heavy atom. The average Bonchev–Trinajstić information content (AvgIpc) is 3.48. The van der Waals surface area contributed by atoms with Gasteiger partial charge in [0.25, 0.3) is 0 Å². The second kappa shape index (κ2) is 8.50. The number of hydrogen-bond acceptors (Lipinski definition) is 3. The lowest BCUT2D eigenvalue weighted by Gasteiger charge is -2.44. The maximum Gasteiger partial charge on any atom is 0.164 e. The monoisotopic (exact) mass is 470 g/mol. The first-order valence-corrected chi connectivity index (χ1v) is 15.2. The molecule has 0 bridgehead atoms. The van der Waals surface area contributed by atoms with Gasteiger partial charge in [0.15, 0.2) is 15.6 Å². The van der Waals surface area contributed by atoms with E-state index in [1.54, 1.807) is 0 Å². The summed E-state index contributed by atoms with van der Waals surface area (Å²) in [6.07, 6.45) is 16.2. The first-order chi connectivity index (χ1) is 15.6. The van der Waals surface area contributed by atoms with Crippen molar-refractivity contribution in [2.75, 3.05) is 5.75 Å². The highest BCUT2D eigenvalue weighted by molar-refractivity contribution is 7.92. The molecule has 4 aliphatic carbocycles. The van der Waals surface area contributed by atoms with Crippen molar-refractivity contribution in [1.29, 1.82) is 0 Å². The second-order valence-corrected chi connectivity index (χ2v) is 14.6. The van der Waals surface area contributed by atoms with Crippen LogP contribution in [0, 0.1) is 40.9 Å². The zero-order valence-electron chi connectivity index (χ0n) is 21.0. The molecule has 0 saturated heterocycles. The van der Waals surface area contributed by atoms with Crippen LogP contribution in [0.2, 0.25) is 0 Å². The van der Waals surface area contributed by atoms with Crippen LogP contribution < -0.4 is 0 Å². The van der Waals surface area contributed by atoms with Crippen LogP contribution in [-0.2, 0) is 14.6 Å². The van der Waals surface area contributed by atoms with E-state index in [-0.39, 0.29) is 16.4 Å². The predicted molar refractivity (Wildman–Crippen MR) is 134 cm³/mol. The van der Waals surface area contributed by atoms with Gasteiger partial charge in [0.1, 0.15) is 5.25 Å². The third kappa shape index (κ3) is 4.23. The molecule has 0 radical (unpaired) electrons. The molecule has 0 spiro atoms. The van der Waals surface area contributed by atoms with Crippen LogP contribution in [0.4, 0.5) is 0 Å². The van der Waals surface area contributed by atoms with Crippen molar-refractivity contribution >= 4 is 15.6 Å². The van der Waals surface area contributed by atoms with Gasteiger partial charge in [-0.05, 0) is 104 Å². The molecule has 3 fully saturated rings. The summed E-state index contributed by atoms with van der Waals surface area (Å²) in [5.41, 5.74) is 4.11. The molecule has 1 aliphatic heterocycles. The van der Waals surface area contributed by atoms with Crippen LogP contribution >= 0.6 is 0 Å². The summed E-state index contributed by atoms with van der Waals surface area (Å²) in [6, 6.07) is 0. The first-order valence-electron chi connectivity index (χ1n) is 13.5. The van der Waals surface area contributed by atoms with Crippen LogP contribution in [-0.4, -0.2) is 25.2 Å². The van der Waals surface area contributed by atoms with Gasteiger partial charge in [0, 0.05) is 5.92 Å². The van der Waals surface area contributed by atoms with E-state index in [1.165, 1.54) is 29.6 Å². The summed E-state index contributed by atoms with van der Waals surface area (Å²) in [5, 5.41) is -0.373. The summed E-state index contributed by atoms with van der Waals surface area (Å²) in [5.74, 6) is 3.33. The molecule has 0 unspecified atom stereocenters. The molecule has 0 amide bonds. The molecule has 0 aromatic carbocycles. The van der Waals surface area contributed by atoms with Crippen LogP contribution in [0.3, 0.4) is 0 Å². The topological polar surface area (TPSA) is 51.2 Å². The van der Waals surface area contributed by atoms with Crippen LogP contribution in [0.1, 0.15) is 85.5 Å². The van der Waals surface area contributed by atoms with Crippen molar-refractivity contribution in [3.63, 3.8) is 0 Å². The number of hydrogen-bond donors (Lipinski definition) is 0. The zero-order valence-corrected chi connectivity index (χ0v) is 21.8. The lowest BCUT2D eigenvalue weighted by Crippen LogP contribution is -2.36. The molecule has 0 aromatic heterocycles. The molecule has 33 heavy (non-hydrogen) atoms. The summed E-state index contributed by atoms with van der Waals surface area (Å²) in [6.45, 7) is 9.24. The fourth-order valence-electron chi connectivity index (χ4n) is 8.14. The van der Waals surface area contributed by atoms with Gasteiger partial charge in [0.2, 0.25) is 0 Å². The Labute approximate surface area is 201 Å². The molecule has 5 rings (SSSR count). The first kappa shape index (κ1) is 23.6. The highest BCUT2D eigenvalue weighted by Gasteiger charge is 2.51. The number of rotatable bonds is 5. The summed E-state index contributed by atoms with van der Waals surface area (Å²) < 4.78 is 26.6. The minimum absolute atomic E-state index is 0.212. The molecule has 0 aromatic rings. The van der Waals surface area contributed by atoms with Gasteiger partial charge >= 0.3 is 0 Å². The molecule has 7 atom stereocenters. The summed E-state index contributed by atoms with van der Waals surface area (Å²) in [7, 11) is -3.12. The van der Waals surface area contributed by atoms with Gasteiger partial charge in [-0.25, -0.2) is 8.42 Å². The number of carbonyl (C=O) groups excluding carboxylic acids is 1. The number of fused-ring (bicyclic) bond motifs is 1. The van der Waals surface area contributed by atoms with E-state index >= 15 is 0 Å². The smallest absolute Gasteiger partial charge is 0.164 e. The number of sulfone groups is 1. The van der Waals surface area contributed by atoms with Gasteiger partial charge < -0.3 is 0 Å². The molecule has 3 nitrogen and oxygen atoms in total. The van der Waals surface area contributed by atoms with E-state index in [4.69, 9.17) is 0 Å². The van der Waals surface area contributed by atoms with Gasteiger partial charge in [-0.15, -0.1) is 0 Å². The van der Waals surface area contributed by atoms with Gasteiger partial charge in [-0.2, -0.15) is 0 Å². The third-order valence-corrected chi connectivity index (χ3v) is 11.9. The Morgan fingerprint density at radius 3 is 2.61 bits per heavy atom. The molecular weight excluding hydrogens is 428 g/mol. The largest absolute Gasteiger partial charge is 0.295 e. The third-order valence-electron chi connectivity index (χ3n) is 10.0. The molecule has 5 aliphatic rings. The van der Waals surface area contributed by atoms with Crippen molar-refractivity contribution in [1.82, 2.24) is 0 Å². The fourth-order valence-corrected chi connectivity index (χ4v) is 10.3. The maximum atomic E-state index is 13.3. The van der Waals surface area contributed by atoms with Crippen molar-refractivity contribution < 1.29 is 13.2 Å². The Kier molecular flexibility index (Phi) is 6.07. The lowest BCUT2D eigenvalue weighted by molar-refractivity contribution is -0.115. The van der Waals surface area contributed by atoms with Gasteiger partial charge in [-0.1, -0.05) is 51.0 Å². The van der Waals surface area contributed by atoms with Crippen LogP contribution in [0.25, 0.3) is 0 Å². The molecule has 182 valence electrons. The van der Waals surface area contributed by atoms with E-state index in [2.05, 4.69) is 39.8 Å². The lowest BCUT2D eigenvalue weighted by atomic mass is 9.61.